The first-order valence-electron chi connectivity index (χ1n) is 9.57. The summed E-state index contributed by atoms with van der Waals surface area (Å²) in [6.45, 7) is 0. The molecule has 0 aliphatic heterocycles. The number of rotatable bonds is 1. The first-order chi connectivity index (χ1) is 14.4. The Hall–Kier alpha value is -3.63. The van der Waals surface area contributed by atoms with Gasteiger partial charge < -0.3 is 4.42 Å². The highest BCUT2D eigenvalue weighted by atomic mass is 32.1. The molecule has 0 aliphatic rings. The molecule has 7 aromatic rings. The molecule has 3 nitrogen and oxygen atoms in total. The minimum absolute atomic E-state index is 0.611. The maximum atomic E-state index is 6.29. The average Bonchev–Trinajstić information content (AvgIpc) is 3.42. The zero-order chi connectivity index (χ0) is 18.9. The van der Waals surface area contributed by atoms with E-state index in [-0.39, 0.29) is 0 Å². The summed E-state index contributed by atoms with van der Waals surface area (Å²) in [7, 11) is 0. The summed E-state index contributed by atoms with van der Waals surface area (Å²) in [5.41, 5.74) is 3.92. The van der Waals surface area contributed by atoms with Crippen LogP contribution in [-0.4, -0.2) is 9.55 Å². The third kappa shape index (κ3) is 2.04. The molecule has 29 heavy (non-hydrogen) atoms. The van der Waals surface area contributed by atoms with Gasteiger partial charge in [0.15, 0.2) is 5.58 Å². The second kappa shape index (κ2) is 5.46. The average molecular weight is 390 g/mol. The van der Waals surface area contributed by atoms with Crippen molar-refractivity contribution in [1.29, 1.82) is 0 Å². The Balaban J connectivity index is 1.57. The van der Waals surface area contributed by atoms with E-state index >= 15 is 0 Å². The molecule has 0 radical (unpaired) electrons. The fraction of sp³-hybridized carbons (Fsp3) is 0. The van der Waals surface area contributed by atoms with Crippen LogP contribution in [0.3, 0.4) is 0 Å². The largest absolute Gasteiger partial charge is 0.423 e. The van der Waals surface area contributed by atoms with Crippen LogP contribution < -0.4 is 0 Å². The van der Waals surface area contributed by atoms with Crippen LogP contribution in [-0.2, 0) is 0 Å². The monoisotopic (exact) mass is 390 g/mol. The fourth-order valence-electron chi connectivity index (χ4n) is 4.36. The van der Waals surface area contributed by atoms with Gasteiger partial charge >= 0.3 is 6.01 Å². The lowest BCUT2D eigenvalue weighted by Gasteiger charge is -2.00. The molecule has 0 fully saturated rings. The predicted octanol–water partition coefficient (Wildman–Crippen LogP) is 7.29. The van der Waals surface area contributed by atoms with Gasteiger partial charge in [0.25, 0.3) is 0 Å². The van der Waals surface area contributed by atoms with E-state index in [1.54, 1.807) is 11.3 Å². The van der Waals surface area contributed by atoms with Gasteiger partial charge in [-0.3, -0.25) is 4.57 Å². The van der Waals surface area contributed by atoms with Crippen molar-refractivity contribution in [3.63, 3.8) is 0 Å². The second-order valence-electron chi connectivity index (χ2n) is 7.28. The van der Waals surface area contributed by atoms with Gasteiger partial charge in [-0.1, -0.05) is 54.6 Å². The molecule has 0 spiro atoms. The van der Waals surface area contributed by atoms with E-state index in [2.05, 4.69) is 89.5 Å². The van der Waals surface area contributed by atoms with Gasteiger partial charge in [0.05, 0.1) is 11.0 Å². The van der Waals surface area contributed by atoms with E-state index < -0.39 is 0 Å². The van der Waals surface area contributed by atoms with Gasteiger partial charge in [0.1, 0.15) is 5.52 Å². The van der Waals surface area contributed by atoms with Crippen LogP contribution in [0.15, 0.2) is 89.3 Å². The molecular formula is C25H14N2OS. The first-order valence-corrected chi connectivity index (χ1v) is 10.4. The van der Waals surface area contributed by atoms with Gasteiger partial charge in [0.2, 0.25) is 0 Å². The number of hydrogen-bond donors (Lipinski definition) is 0. The topological polar surface area (TPSA) is 31.0 Å². The smallest absolute Gasteiger partial charge is 0.307 e. The van der Waals surface area contributed by atoms with Crippen molar-refractivity contribution < 1.29 is 4.42 Å². The molecule has 7 rings (SSSR count). The number of aromatic nitrogens is 2. The Morgan fingerprint density at radius 2 is 1.31 bits per heavy atom. The molecular weight excluding hydrogens is 376 g/mol. The zero-order valence-electron chi connectivity index (χ0n) is 15.3. The fourth-order valence-corrected chi connectivity index (χ4v) is 5.48. The summed E-state index contributed by atoms with van der Waals surface area (Å²) in [6.07, 6.45) is 0. The molecule has 136 valence electrons. The van der Waals surface area contributed by atoms with E-state index in [0.717, 1.165) is 22.1 Å². The standard InChI is InChI=1S/C25H14N2OS/c1-4-10-20-15(7-1)16-8-2-5-11-21(16)27(20)25-26-19-13-18-17-9-3-6-12-23(17)29-24(18)14-22(19)28-25/h1-14H. The quantitative estimate of drug-likeness (QED) is 0.295. The molecule has 0 saturated heterocycles. The lowest BCUT2D eigenvalue weighted by atomic mass is 10.1. The van der Waals surface area contributed by atoms with Crippen LogP contribution in [0, 0.1) is 0 Å². The molecule has 0 unspecified atom stereocenters. The van der Waals surface area contributed by atoms with Crippen LogP contribution in [0.2, 0.25) is 0 Å². The number of benzene rings is 4. The molecule has 4 heteroatoms. The number of thiophene rings is 1. The molecule has 0 N–H and O–H groups in total. The highest BCUT2D eigenvalue weighted by Crippen LogP contribution is 2.38. The summed E-state index contributed by atoms with van der Waals surface area (Å²) < 4.78 is 10.9. The summed E-state index contributed by atoms with van der Waals surface area (Å²) in [4.78, 5) is 4.89. The molecule has 0 amide bonds. The van der Waals surface area contributed by atoms with Gasteiger partial charge in [0, 0.05) is 37.0 Å². The van der Waals surface area contributed by atoms with Crippen LogP contribution in [0.5, 0.6) is 0 Å². The van der Waals surface area contributed by atoms with Crippen LogP contribution in [0.4, 0.5) is 0 Å². The molecule has 0 aliphatic carbocycles. The van der Waals surface area contributed by atoms with Crippen molar-refractivity contribution in [2.24, 2.45) is 0 Å². The number of nitrogens with zero attached hydrogens (tertiary/aromatic N) is 2. The third-order valence-corrected chi connectivity index (χ3v) is 6.78. The Morgan fingerprint density at radius 1 is 0.655 bits per heavy atom. The molecule has 3 heterocycles. The van der Waals surface area contributed by atoms with Crippen LogP contribution in [0.25, 0.3) is 59.1 Å². The van der Waals surface area contributed by atoms with Crippen molar-refractivity contribution in [2.45, 2.75) is 0 Å². The third-order valence-electron chi connectivity index (χ3n) is 5.65. The number of hydrogen-bond acceptors (Lipinski definition) is 3. The van der Waals surface area contributed by atoms with Gasteiger partial charge in [-0.25, -0.2) is 0 Å². The molecule has 3 aromatic heterocycles. The van der Waals surface area contributed by atoms with Crippen molar-refractivity contribution in [3.05, 3.63) is 84.9 Å². The first kappa shape index (κ1) is 15.3. The van der Waals surface area contributed by atoms with E-state index in [1.807, 2.05) is 0 Å². The minimum Gasteiger partial charge on any atom is -0.423 e. The van der Waals surface area contributed by atoms with Gasteiger partial charge in [-0.15, -0.1) is 11.3 Å². The summed E-state index contributed by atoms with van der Waals surface area (Å²) in [5.74, 6) is 0. The van der Waals surface area contributed by atoms with Gasteiger partial charge in [-0.05, 0) is 24.3 Å². The predicted molar refractivity (Wildman–Crippen MR) is 121 cm³/mol. The van der Waals surface area contributed by atoms with Gasteiger partial charge in [-0.2, -0.15) is 4.98 Å². The lowest BCUT2D eigenvalue weighted by molar-refractivity contribution is 0.575. The molecule has 0 bridgehead atoms. The van der Waals surface area contributed by atoms with Crippen molar-refractivity contribution in [3.8, 4) is 6.01 Å². The van der Waals surface area contributed by atoms with E-state index in [0.29, 0.717) is 6.01 Å². The maximum absolute atomic E-state index is 6.29. The van der Waals surface area contributed by atoms with E-state index in [9.17, 15) is 0 Å². The van der Waals surface area contributed by atoms with Crippen LogP contribution in [0.1, 0.15) is 0 Å². The number of para-hydroxylation sites is 2. The van der Waals surface area contributed by atoms with Crippen LogP contribution >= 0.6 is 11.3 Å². The van der Waals surface area contributed by atoms with E-state index in [4.69, 9.17) is 9.40 Å². The Morgan fingerprint density at radius 3 is 2.07 bits per heavy atom. The Kier molecular flexibility index (Phi) is 2.88. The normalized spacial score (nSPS) is 12.1. The van der Waals surface area contributed by atoms with Crippen molar-refractivity contribution in [1.82, 2.24) is 9.55 Å². The summed E-state index contributed by atoms with van der Waals surface area (Å²) >= 11 is 1.79. The highest BCUT2D eigenvalue weighted by Gasteiger charge is 2.17. The zero-order valence-corrected chi connectivity index (χ0v) is 16.1. The lowest BCUT2D eigenvalue weighted by Crippen LogP contribution is -1.93. The molecule has 4 aromatic carbocycles. The number of oxazole rings is 1. The van der Waals surface area contributed by atoms with Crippen molar-refractivity contribution >= 4 is 64.4 Å². The second-order valence-corrected chi connectivity index (χ2v) is 8.36. The highest BCUT2D eigenvalue weighted by molar-refractivity contribution is 7.25. The maximum Gasteiger partial charge on any atom is 0.307 e. The molecule has 0 saturated carbocycles. The Bertz CT molecular complexity index is 1660. The summed E-state index contributed by atoms with van der Waals surface area (Å²) in [5, 5.41) is 4.92. The summed E-state index contributed by atoms with van der Waals surface area (Å²) in [6, 6.07) is 30.2. The van der Waals surface area contributed by atoms with Crippen molar-refractivity contribution in [2.75, 3.05) is 0 Å². The van der Waals surface area contributed by atoms with E-state index in [1.165, 1.54) is 30.9 Å². The SMILES string of the molecule is c1ccc2c(c1)sc1cc3oc(-n4c5ccccc5c5ccccc54)nc3cc12. The molecule has 0 atom stereocenters. The number of fused-ring (bicyclic) bond motifs is 7. The Labute approximate surface area is 169 Å². The minimum atomic E-state index is 0.611.